The van der Waals surface area contributed by atoms with E-state index in [1.165, 1.54) is 13.2 Å². The Morgan fingerprint density at radius 3 is 2.58 bits per heavy atom. The number of oxime groups is 1. The van der Waals surface area contributed by atoms with Crippen LogP contribution in [0, 0.1) is 18.3 Å². The quantitative estimate of drug-likeness (QED) is 0.422. The minimum absolute atomic E-state index is 0.533. The molecule has 1 radical (unpaired) electrons. The largest absolute Gasteiger partial charge is 0.398 e. The van der Waals surface area contributed by atoms with Gasteiger partial charge in [-0.05, 0) is 0 Å². The Hall–Kier alpha value is -1.90. The van der Waals surface area contributed by atoms with Crippen LogP contribution in [0.2, 0.25) is 0 Å². The maximum absolute atomic E-state index is 10.8. The normalized spacial score (nSPS) is 9.92. The minimum Gasteiger partial charge on any atom is -0.398 e. The number of hydrogen-bond donors (Lipinski definition) is 1. The summed E-state index contributed by atoms with van der Waals surface area (Å²) in [6.07, 6.45) is 0. The number of amides is 2. The molecular weight excluding hydrogens is 162 g/mol. The lowest BCUT2D eigenvalue weighted by molar-refractivity contribution is -0.124. The van der Waals surface area contributed by atoms with E-state index in [9.17, 15) is 9.59 Å². The fourth-order valence-corrected chi connectivity index (χ4v) is 0.390. The molecule has 12 heavy (non-hydrogen) atoms. The number of imide groups is 1. The van der Waals surface area contributed by atoms with Crippen LogP contribution in [0.1, 0.15) is 0 Å². The zero-order valence-corrected chi connectivity index (χ0v) is 6.33. The summed E-state index contributed by atoms with van der Waals surface area (Å²) in [5, 5.41) is 13.1. The molecule has 0 rings (SSSR count). The van der Waals surface area contributed by atoms with Crippen LogP contribution in [0.3, 0.4) is 0 Å². The highest BCUT2D eigenvalue weighted by atomic mass is 16.6. The van der Waals surface area contributed by atoms with Gasteiger partial charge in [0.2, 0.25) is 11.6 Å². The Kier molecular flexibility index (Phi) is 4.08. The SMILES string of the molecule is [CH2]C(=O)NC(=O)/C(C#N)=N/OC. The number of carbonyl (C=O) groups excluding carboxylic acids is 2. The summed E-state index contributed by atoms with van der Waals surface area (Å²) < 4.78 is 0. The second-order valence-corrected chi connectivity index (χ2v) is 1.61. The molecule has 0 unspecified atom stereocenters. The van der Waals surface area contributed by atoms with Crippen molar-refractivity contribution in [3.63, 3.8) is 0 Å². The molecule has 0 fully saturated rings. The van der Waals surface area contributed by atoms with E-state index in [1.807, 2.05) is 0 Å². The van der Waals surface area contributed by atoms with Crippen molar-refractivity contribution in [2.45, 2.75) is 0 Å². The van der Waals surface area contributed by atoms with Crippen molar-refractivity contribution >= 4 is 17.5 Å². The van der Waals surface area contributed by atoms with Crippen molar-refractivity contribution in [3.8, 4) is 6.07 Å². The summed E-state index contributed by atoms with van der Waals surface area (Å²) in [6.45, 7) is 2.88. The fourth-order valence-electron chi connectivity index (χ4n) is 0.390. The number of nitrogens with one attached hydrogen (secondary N) is 1. The van der Waals surface area contributed by atoms with Crippen LogP contribution >= 0.6 is 0 Å². The fraction of sp³-hybridized carbons (Fsp3) is 0.167. The van der Waals surface area contributed by atoms with Crippen LogP contribution in [-0.4, -0.2) is 24.6 Å². The molecule has 63 valence electrons. The van der Waals surface area contributed by atoms with Crippen LogP contribution in [0.4, 0.5) is 0 Å². The van der Waals surface area contributed by atoms with Crippen molar-refractivity contribution < 1.29 is 14.4 Å². The van der Waals surface area contributed by atoms with Crippen molar-refractivity contribution in [1.29, 1.82) is 5.26 Å². The van der Waals surface area contributed by atoms with E-state index in [0.29, 0.717) is 0 Å². The van der Waals surface area contributed by atoms with E-state index in [1.54, 1.807) is 5.32 Å². The molecule has 0 aromatic heterocycles. The summed E-state index contributed by atoms with van der Waals surface area (Å²) in [7, 11) is 1.18. The molecule has 0 aromatic carbocycles. The zero-order valence-electron chi connectivity index (χ0n) is 6.33. The summed E-state index contributed by atoms with van der Waals surface area (Å²) in [6, 6.07) is 1.44. The van der Waals surface area contributed by atoms with E-state index < -0.39 is 17.5 Å². The second kappa shape index (κ2) is 4.85. The Morgan fingerprint density at radius 1 is 1.67 bits per heavy atom. The van der Waals surface area contributed by atoms with E-state index in [2.05, 4.69) is 16.9 Å². The van der Waals surface area contributed by atoms with Gasteiger partial charge < -0.3 is 4.84 Å². The predicted molar refractivity (Wildman–Crippen MR) is 38.6 cm³/mol. The number of nitriles is 1. The zero-order chi connectivity index (χ0) is 9.56. The maximum atomic E-state index is 10.8. The minimum atomic E-state index is -0.931. The van der Waals surface area contributed by atoms with Gasteiger partial charge in [0.1, 0.15) is 13.2 Å². The molecule has 6 nitrogen and oxygen atoms in total. The van der Waals surface area contributed by atoms with Crippen LogP contribution in [0.5, 0.6) is 0 Å². The second-order valence-electron chi connectivity index (χ2n) is 1.61. The maximum Gasteiger partial charge on any atom is 0.290 e. The van der Waals surface area contributed by atoms with Gasteiger partial charge in [0.25, 0.3) is 5.91 Å². The highest BCUT2D eigenvalue weighted by molar-refractivity contribution is 6.46. The van der Waals surface area contributed by atoms with Gasteiger partial charge in [-0.3, -0.25) is 14.9 Å². The smallest absolute Gasteiger partial charge is 0.290 e. The Balaban J connectivity index is 4.36. The Labute approximate surface area is 68.8 Å². The molecule has 0 bridgehead atoms. The summed E-state index contributed by atoms with van der Waals surface area (Å²) in [4.78, 5) is 25.2. The lowest BCUT2D eigenvalue weighted by Crippen LogP contribution is -2.34. The highest BCUT2D eigenvalue weighted by Gasteiger charge is 2.12. The van der Waals surface area contributed by atoms with E-state index in [0.717, 1.165) is 0 Å². The number of hydrogen-bond acceptors (Lipinski definition) is 5. The molecule has 0 aliphatic heterocycles. The van der Waals surface area contributed by atoms with Crippen molar-refractivity contribution in [2.24, 2.45) is 5.16 Å². The van der Waals surface area contributed by atoms with Gasteiger partial charge in [0.05, 0.1) is 0 Å². The van der Waals surface area contributed by atoms with E-state index >= 15 is 0 Å². The molecule has 0 heterocycles. The molecule has 1 N–H and O–H groups in total. The van der Waals surface area contributed by atoms with Crippen LogP contribution in [-0.2, 0) is 14.4 Å². The third-order valence-electron chi connectivity index (χ3n) is 0.757. The van der Waals surface area contributed by atoms with Gasteiger partial charge in [-0.2, -0.15) is 5.26 Å². The first kappa shape index (κ1) is 10.1. The van der Waals surface area contributed by atoms with Gasteiger partial charge in [-0.1, -0.05) is 5.16 Å². The molecule has 0 aliphatic rings. The number of carbonyl (C=O) groups is 2. The molecule has 6 heteroatoms. The average molecular weight is 168 g/mol. The van der Waals surface area contributed by atoms with Gasteiger partial charge in [0.15, 0.2) is 0 Å². The van der Waals surface area contributed by atoms with Crippen LogP contribution in [0.25, 0.3) is 0 Å². The average Bonchev–Trinajstić information content (AvgIpc) is 1.98. The molecule has 0 aliphatic carbocycles. The van der Waals surface area contributed by atoms with Gasteiger partial charge in [0, 0.05) is 6.92 Å². The van der Waals surface area contributed by atoms with Gasteiger partial charge in [-0.15, -0.1) is 0 Å². The topological polar surface area (TPSA) is 91.6 Å². The molecule has 2 amide bonds. The Bertz CT molecular complexity index is 264. The third-order valence-corrected chi connectivity index (χ3v) is 0.757. The first-order chi connectivity index (χ1) is 5.61. The summed E-state index contributed by atoms with van der Waals surface area (Å²) in [5.41, 5.74) is -0.533. The van der Waals surface area contributed by atoms with Gasteiger partial charge in [-0.25, -0.2) is 0 Å². The lowest BCUT2D eigenvalue weighted by atomic mass is 10.4. The molecule has 0 atom stereocenters. The summed E-state index contributed by atoms with van der Waals surface area (Å²) >= 11 is 0. The van der Waals surface area contributed by atoms with Crippen molar-refractivity contribution in [3.05, 3.63) is 6.92 Å². The standard InChI is InChI=1S/C6H6N3O3/c1-4(10)8-6(11)5(3-7)9-12-2/h1H2,2H3,(H,8,10,11)/b9-5+. The summed E-state index contributed by atoms with van der Waals surface area (Å²) in [5.74, 6) is -1.74. The van der Waals surface area contributed by atoms with Crippen LogP contribution < -0.4 is 5.32 Å². The lowest BCUT2D eigenvalue weighted by Gasteiger charge is -1.95. The van der Waals surface area contributed by atoms with Crippen molar-refractivity contribution in [2.75, 3.05) is 7.11 Å². The molecule has 0 spiro atoms. The molecule has 0 saturated heterocycles. The first-order valence-electron chi connectivity index (χ1n) is 2.80. The molecule has 0 saturated carbocycles. The van der Waals surface area contributed by atoms with Crippen molar-refractivity contribution in [1.82, 2.24) is 5.32 Å². The van der Waals surface area contributed by atoms with E-state index in [4.69, 9.17) is 5.26 Å². The predicted octanol–water partition coefficient (Wildman–Crippen LogP) is -1.01. The van der Waals surface area contributed by atoms with E-state index in [-0.39, 0.29) is 0 Å². The third kappa shape index (κ3) is 3.31. The first-order valence-corrected chi connectivity index (χ1v) is 2.80. The monoisotopic (exact) mass is 168 g/mol. The Morgan fingerprint density at radius 2 is 2.25 bits per heavy atom. The highest BCUT2D eigenvalue weighted by Crippen LogP contribution is 1.78. The number of nitrogens with zero attached hydrogens (tertiary/aromatic N) is 2. The molecular formula is C6H6N3O3. The number of rotatable bonds is 2. The van der Waals surface area contributed by atoms with Crippen LogP contribution in [0.15, 0.2) is 5.16 Å². The molecule has 0 aromatic rings. The van der Waals surface area contributed by atoms with Gasteiger partial charge >= 0.3 is 0 Å².